The van der Waals surface area contributed by atoms with Crippen LogP contribution in [0.25, 0.3) is 0 Å². The first-order chi connectivity index (χ1) is 9.25. The Morgan fingerprint density at radius 1 is 1.00 bits per heavy atom. The van der Waals surface area contributed by atoms with Crippen LogP contribution in [0.4, 0.5) is 5.69 Å². The fraction of sp³-hybridized carbons (Fsp3) is 0.176. The quantitative estimate of drug-likeness (QED) is 0.795. The molecule has 94 valence electrons. The van der Waals surface area contributed by atoms with E-state index >= 15 is 0 Å². The second kappa shape index (κ2) is 4.81. The SMILES string of the molecule is CC1=Nc2ccccc2C(=O)C1Cc1ccccc1. The van der Waals surface area contributed by atoms with Crippen molar-refractivity contribution in [2.75, 3.05) is 0 Å². The van der Waals surface area contributed by atoms with Gasteiger partial charge in [-0.2, -0.15) is 0 Å². The van der Waals surface area contributed by atoms with Crippen molar-refractivity contribution in [2.45, 2.75) is 13.3 Å². The molecular formula is C17H15NO. The first kappa shape index (κ1) is 11.8. The molecule has 1 heterocycles. The van der Waals surface area contributed by atoms with Gasteiger partial charge in [-0.25, -0.2) is 0 Å². The summed E-state index contributed by atoms with van der Waals surface area (Å²) in [6, 6.07) is 17.7. The summed E-state index contributed by atoms with van der Waals surface area (Å²) in [6.45, 7) is 1.95. The lowest BCUT2D eigenvalue weighted by Crippen LogP contribution is -2.27. The minimum atomic E-state index is -0.128. The zero-order valence-electron chi connectivity index (χ0n) is 10.8. The summed E-state index contributed by atoms with van der Waals surface area (Å²) in [7, 11) is 0. The molecule has 0 radical (unpaired) electrons. The highest BCUT2D eigenvalue weighted by molar-refractivity contribution is 6.17. The number of carbonyl (C=O) groups excluding carboxylic acids is 1. The summed E-state index contributed by atoms with van der Waals surface area (Å²) in [5.74, 6) is 0.0595. The third kappa shape index (κ3) is 2.22. The minimum absolute atomic E-state index is 0.128. The Morgan fingerprint density at radius 2 is 1.68 bits per heavy atom. The van der Waals surface area contributed by atoms with E-state index in [1.807, 2.05) is 49.4 Å². The van der Waals surface area contributed by atoms with E-state index in [2.05, 4.69) is 17.1 Å². The first-order valence-corrected chi connectivity index (χ1v) is 6.48. The third-order valence-corrected chi connectivity index (χ3v) is 3.57. The summed E-state index contributed by atoms with van der Waals surface area (Å²) in [5.41, 5.74) is 3.63. The number of hydrogen-bond acceptors (Lipinski definition) is 2. The van der Waals surface area contributed by atoms with Crippen LogP contribution in [0.15, 0.2) is 59.6 Å². The molecule has 0 fully saturated rings. The average molecular weight is 249 g/mol. The summed E-state index contributed by atoms with van der Waals surface area (Å²) in [4.78, 5) is 17.1. The van der Waals surface area contributed by atoms with Crippen LogP contribution in [-0.4, -0.2) is 11.5 Å². The van der Waals surface area contributed by atoms with Crippen LogP contribution in [0.1, 0.15) is 22.8 Å². The number of hydrogen-bond donors (Lipinski definition) is 0. The zero-order chi connectivity index (χ0) is 13.2. The van der Waals surface area contributed by atoms with Crippen LogP contribution in [-0.2, 0) is 6.42 Å². The average Bonchev–Trinajstić information content (AvgIpc) is 2.45. The Labute approximate surface area is 112 Å². The molecule has 1 unspecified atom stereocenters. The van der Waals surface area contributed by atoms with E-state index < -0.39 is 0 Å². The number of ketones is 1. The van der Waals surface area contributed by atoms with E-state index in [-0.39, 0.29) is 11.7 Å². The Morgan fingerprint density at radius 3 is 2.47 bits per heavy atom. The van der Waals surface area contributed by atoms with Crippen LogP contribution in [0.3, 0.4) is 0 Å². The van der Waals surface area contributed by atoms with Crippen LogP contribution in [0, 0.1) is 5.92 Å². The van der Waals surface area contributed by atoms with Gasteiger partial charge in [0.1, 0.15) is 0 Å². The van der Waals surface area contributed by atoms with Gasteiger partial charge in [0.05, 0.1) is 11.6 Å². The molecule has 1 aliphatic rings. The van der Waals surface area contributed by atoms with E-state index in [1.165, 1.54) is 5.56 Å². The fourth-order valence-corrected chi connectivity index (χ4v) is 2.52. The Kier molecular flexibility index (Phi) is 3.00. The van der Waals surface area contributed by atoms with Gasteiger partial charge in [0.15, 0.2) is 5.78 Å². The van der Waals surface area contributed by atoms with Crippen molar-refractivity contribution in [2.24, 2.45) is 10.9 Å². The van der Waals surface area contributed by atoms with Gasteiger partial charge >= 0.3 is 0 Å². The largest absolute Gasteiger partial charge is 0.293 e. The molecule has 0 spiro atoms. The Bertz CT molecular complexity index is 643. The van der Waals surface area contributed by atoms with Crippen molar-refractivity contribution in [3.05, 3.63) is 65.7 Å². The van der Waals surface area contributed by atoms with Crippen molar-refractivity contribution in [1.82, 2.24) is 0 Å². The van der Waals surface area contributed by atoms with Gasteiger partial charge in [-0.1, -0.05) is 42.5 Å². The van der Waals surface area contributed by atoms with Crippen LogP contribution >= 0.6 is 0 Å². The summed E-state index contributed by atoms with van der Waals surface area (Å²) in [6.07, 6.45) is 0.726. The van der Waals surface area contributed by atoms with Crippen molar-refractivity contribution < 1.29 is 4.79 Å². The van der Waals surface area contributed by atoms with E-state index in [0.717, 1.165) is 23.4 Å². The number of benzene rings is 2. The standard InChI is InChI=1S/C17H15NO/c1-12-15(11-13-7-3-2-4-8-13)17(19)14-9-5-6-10-16(14)18-12/h2-10,15H,11H2,1H3. The Balaban J connectivity index is 1.95. The number of Topliss-reactive ketones (excluding diaryl/α,β-unsaturated/α-hetero) is 1. The maximum Gasteiger partial charge on any atom is 0.174 e. The predicted molar refractivity (Wildman–Crippen MR) is 77.2 cm³/mol. The number of para-hydroxylation sites is 1. The Hall–Kier alpha value is -2.22. The monoisotopic (exact) mass is 249 g/mol. The highest BCUT2D eigenvalue weighted by Crippen LogP contribution is 2.30. The maximum atomic E-state index is 12.6. The second-order valence-corrected chi connectivity index (χ2v) is 4.88. The van der Waals surface area contributed by atoms with E-state index in [1.54, 1.807) is 0 Å². The minimum Gasteiger partial charge on any atom is -0.293 e. The number of rotatable bonds is 2. The number of fused-ring (bicyclic) bond motifs is 1. The molecule has 1 atom stereocenters. The molecule has 2 heteroatoms. The van der Waals surface area contributed by atoms with Crippen molar-refractivity contribution >= 4 is 17.2 Å². The van der Waals surface area contributed by atoms with Crippen molar-refractivity contribution in [3.63, 3.8) is 0 Å². The fourth-order valence-electron chi connectivity index (χ4n) is 2.52. The smallest absolute Gasteiger partial charge is 0.174 e. The predicted octanol–water partition coefficient (Wildman–Crippen LogP) is 3.83. The van der Waals surface area contributed by atoms with Gasteiger partial charge < -0.3 is 0 Å². The highest BCUT2D eigenvalue weighted by atomic mass is 16.1. The first-order valence-electron chi connectivity index (χ1n) is 6.48. The summed E-state index contributed by atoms with van der Waals surface area (Å²) >= 11 is 0. The summed E-state index contributed by atoms with van der Waals surface area (Å²) < 4.78 is 0. The van der Waals surface area contributed by atoms with Crippen molar-refractivity contribution in [3.8, 4) is 0 Å². The topological polar surface area (TPSA) is 29.4 Å². The van der Waals surface area contributed by atoms with Gasteiger partial charge in [0.2, 0.25) is 0 Å². The second-order valence-electron chi connectivity index (χ2n) is 4.88. The maximum absolute atomic E-state index is 12.6. The van der Waals surface area contributed by atoms with Gasteiger partial charge in [-0.05, 0) is 31.0 Å². The molecule has 2 aromatic rings. The summed E-state index contributed by atoms with van der Waals surface area (Å²) in [5, 5.41) is 0. The van der Waals surface area contributed by atoms with E-state index in [0.29, 0.717) is 0 Å². The highest BCUT2D eigenvalue weighted by Gasteiger charge is 2.28. The van der Waals surface area contributed by atoms with Crippen LogP contribution < -0.4 is 0 Å². The molecule has 0 saturated carbocycles. The normalized spacial score (nSPS) is 17.8. The van der Waals surface area contributed by atoms with Gasteiger partial charge in [0, 0.05) is 11.3 Å². The molecule has 1 aliphatic heterocycles. The van der Waals surface area contributed by atoms with Crippen molar-refractivity contribution in [1.29, 1.82) is 0 Å². The van der Waals surface area contributed by atoms with Crippen LogP contribution in [0.5, 0.6) is 0 Å². The van der Waals surface area contributed by atoms with Crippen LogP contribution in [0.2, 0.25) is 0 Å². The molecule has 0 bridgehead atoms. The molecule has 0 saturated heterocycles. The molecule has 0 aliphatic carbocycles. The zero-order valence-corrected chi connectivity index (χ0v) is 10.8. The molecule has 19 heavy (non-hydrogen) atoms. The molecule has 0 amide bonds. The lowest BCUT2D eigenvalue weighted by molar-refractivity contribution is 0.0952. The van der Waals surface area contributed by atoms with Gasteiger partial charge in [-0.15, -0.1) is 0 Å². The van der Waals surface area contributed by atoms with Gasteiger partial charge in [-0.3, -0.25) is 9.79 Å². The molecule has 2 nitrogen and oxygen atoms in total. The number of carbonyl (C=O) groups is 1. The molecule has 0 N–H and O–H groups in total. The van der Waals surface area contributed by atoms with Gasteiger partial charge in [0.25, 0.3) is 0 Å². The molecule has 2 aromatic carbocycles. The lowest BCUT2D eigenvalue weighted by Gasteiger charge is -2.21. The van der Waals surface area contributed by atoms with E-state index in [9.17, 15) is 4.79 Å². The molecule has 0 aromatic heterocycles. The number of nitrogens with zero attached hydrogens (tertiary/aromatic N) is 1. The molecular weight excluding hydrogens is 234 g/mol. The molecule has 3 rings (SSSR count). The number of aliphatic imine (C=N–C) groups is 1. The third-order valence-electron chi connectivity index (χ3n) is 3.57. The lowest BCUT2D eigenvalue weighted by atomic mass is 9.85. The van der Waals surface area contributed by atoms with E-state index in [4.69, 9.17) is 0 Å².